The van der Waals surface area contributed by atoms with Crippen LogP contribution < -0.4 is 0 Å². The van der Waals surface area contributed by atoms with Crippen molar-refractivity contribution in [3.63, 3.8) is 0 Å². The molecule has 0 radical (unpaired) electrons. The van der Waals surface area contributed by atoms with Gasteiger partial charge in [-0.05, 0) is 88.0 Å². The standard InChI is InChI=1S/C13H25NO4.C11H21NO4/c1-6-17-11(15)9-18-10-7-12(2,3)14(16)13(4,5)8-10;1-10(2)5-8(16-7-9(13)14)6-11(3,4)12(10)15/h10,16H,6-9H2,1-5H3;8,15H,5-7H2,1-4H3,(H,13,14). The van der Waals surface area contributed by atoms with Gasteiger partial charge in [0.05, 0.1) is 18.8 Å². The molecule has 2 heterocycles. The van der Waals surface area contributed by atoms with Crippen LogP contribution in [0.5, 0.6) is 0 Å². The molecule has 10 heteroatoms. The second kappa shape index (κ2) is 11.6. The highest BCUT2D eigenvalue weighted by Gasteiger charge is 2.46. The number of nitrogens with zero attached hydrogens (tertiary/aromatic N) is 2. The minimum absolute atomic E-state index is 0.0178. The monoisotopic (exact) mass is 490 g/mol. The average Bonchev–Trinajstić information content (AvgIpc) is 2.67. The Morgan fingerprint density at radius 1 is 0.735 bits per heavy atom. The molecule has 0 spiro atoms. The molecule has 2 fully saturated rings. The number of hydrogen-bond acceptors (Lipinski definition) is 9. The Balaban J connectivity index is 0.000000342. The number of carbonyl (C=O) groups excluding carboxylic acids is 1. The number of esters is 1. The van der Waals surface area contributed by atoms with Gasteiger partial charge in [-0.1, -0.05) is 0 Å². The highest BCUT2D eigenvalue weighted by Crippen LogP contribution is 2.38. The molecule has 0 saturated carbocycles. The lowest BCUT2D eigenvalue weighted by Crippen LogP contribution is -2.60. The van der Waals surface area contributed by atoms with Crippen LogP contribution in [0.25, 0.3) is 0 Å². The van der Waals surface area contributed by atoms with Gasteiger partial charge in [-0.25, -0.2) is 9.59 Å². The molecule has 0 bridgehead atoms. The number of carbonyl (C=O) groups is 2. The molecule has 10 nitrogen and oxygen atoms in total. The molecule has 2 aliphatic heterocycles. The molecule has 0 atom stereocenters. The van der Waals surface area contributed by atoms with Crippen molar-refractivity contribution in [2.24, 2.45) is 0 Å². The van der Waals surface area contributed by atoms with E-state index in [4.69, 9.17) is 19.3 Å². The van der Waals surface area contributed by atoms with Gasteiger partial charge in [0.15, 0.2) is 0 Å². The second-order valence-corrected chi connectivity index (χ2v) is 11.8. The third-order valence-electron chi connectivity index (χ3n) is 6.39. The van der Waals surface area contributed by atoms with E-state index in [0.29, 0.717) is 32.3 Å². The number of ether oxygens (including phenoxy) is 3. The highest BCUT2D eigenvalue weighted by molar-refractivity contribution is 5.70. The minimum atomic E-state index is -0.956. The predicted molar refractivity (Wildman–Crippen MR) is 126 cm³/mol. The molecule has 0 aromatic rings. The summed E-state index contributed by atoms with van der Waals surface area (Å²) in [5.74, 6) is -1.29. The van der Waals surface area contributed by atoms with Gasteiger partial charge < -0.3 is 29.7 Å². The fraction of sp³-hybridized carbons (Fsp3) is 0.917. The van der Waals surface area contributed by atoms with Gasteiger partial charge in [0.25, 0.3) is 0 Å². The Hall–Kier alpha value is -1.30. The Bertz CT molecular complexity index is 656. The molecule has 0 aromatic heterocycles. The Morgan fingerprint density at radius 2 is 1.06 bits per heavy atom. The molecule has 0 unspecified atom stereocenters. The number of rotatable bonds is 7. The fourth-order valence-corrected chi connectivity index (χ4v) is 5.17. The average molecular weight is 491 g/mol. The maximum Gasteiger partial charge on any atom is 0.332 e. The van der Waals surface area contributed by atoms with E-state index in [-0.39, 0.29) is 42.5 Å². The van der Waals surface area contributed by atoms with E-state index in [1.54, 1.807) is 6.92 Å². The third-order valence-corrected chi connectivity index (χ3v) is 6.39. The molecule has 34 heavy (non-hydrogen) atoms. The van der Waals surface area contributed by atoms with Crippen LogP contribution in [-0.4, -0.2) is 91.8 Å². The Labute approximate surface area is 204 Å². The van der Waals surface area contributed by atoms with E-state index in [1.807, 2.05) is 55.4 Å². The minimum Gasteiger partial charge on any atom is -0.480 e. The van der Waals surface area contributed by atoms with Gasteiger partial charge >= 0.3 is 11.9 Å². The summed E-state index contributed by atoms with van der Waals surface area (Å²) in [7, 11) is 0. The molecule has 2 rings (SSSR count). The normalized spacial score (nSPS) is 24.7. The molecule has 0 aliphatic carbocycles. The number of carboxylic acids is 1. The lowest BCUT2D eigenvalue weighted by atomic mass is 9.80. The maximum absolute atomic E-state index is 11.3. The van der Waals surface area contributed by atoms with Crippen molar-refractivity contribution >= 4 is 11.9 Å². The predicted octanol–water partition coefficient (Wildman–Crippen LogP) is 3.48. The summed E-state index contributed by atoms with van der Waals surface area (Å²) in [6, 6.07) is 0. The first-order valence-electron chi connectivity index (χ1n) is 11.9. The smallest absolute Gasteiger partial charge is 0.332 e. The summed E-state index contributed by atoms with van der Waals surface area (Å²) in [4.78, 5) is 21.7. The zero-order chi connectivity index (χ0) is 26.5. The van der Waals surface area contributed by atoms with Crippen LogP contribution in [-0.2, 0) is 23.8 Å². The van der Waals surface area contributed by atoms with Crippen molar-refractivity contribution < 1.29 is 39.3 Å². The lowest BCUT2D eigenvalue weighted by molar-refractivity contribution is -0.261. The SMILES string of the molecule is CC1(C)CC(OCC(=O)O)CC(C)(C)N1O.CCOC(=O)COC1CC(C)(C)N(O)C(C)(C)C1. The zero-order valence-corrected chi connectivity index (χ0v) is 22.4. The van der Waals surface area contributed by atoms with Crippen LogP contribution in [0, 0.1) is 0 Å². The van der Waals surface area contributed by atoms with Crippen LogP contribution in [0.2, 0.25) is 0 Å². The van der Waals surface area contributed by atoms with E-state index in [0.717, 1.165) is 0 Å². The third kappa shape index (κ3) is 8.73. The number of piperidine rings is 2. The van der Waals surface area contributed by atoms with Crippen molar-refractivity contribution in [3.8, 4) is 0 Å². The number of hydroxylamine groups is 4. The van der Waals surface area contributed by atoms with Gasteiger partial charge in [0, 0.05) is 22.2 Å². The first kappa shape index (κ1) is 30.7. The first-order valence-corrected chi connectivity index (χ1v) is 11.9. The van der Waals surface area contributed by atoms with Gasteiger partial charge in [0.2, 0.25) is 0 Å². The van der Waals surface area contributed by atoms with Gasteiger partial charge in [0.1, 0.15) is 13.2 Å². The lowest BCUT2D eigenvalue weighted by Gasteiger charge is -2.51. The Morgan fingerprint density at radius 3 is 1.35 bits per heavy atom. The molecule has 0 aromatic carbocycles. The van der Waals surface area contributed by atoms with Crippen LogP contribution in [0.1, 0.15) is 88.0 Å². The van der Waals surface area contributed by atoms with Crippen LogP contribution in [0.15, 0.2) is 0 Å². The van der Waals surface area contributed by atoms with Crippen LogP contribution in [0.4, 0.5) is 0 Å². The van der Waals surface area contributed by atoms with Crippen molar-refractivity contribution in [3.05, 3.63) is 0 Å². The van der Waals surface area contributed by atoms with Gasteiger partial charge in [-0.15, -0.1) is 0 Å². The van der Waals surface area contributed by atoms with Gasteiger partial charge in [-0.3, -0.25) is 0 Å². The van der Waals surface area contributed by atoms with Gasteiger partial charge in [-0.2, -0.15) is 10.1 Å². The quantitative estimate of drug-likeness (QED) is 0.456. The van der Waals surface area contributed by atoms with E-state index < -0.39 is 17.0 Å². The van der Waals surface area contributed by atoms with Crippen molar-refractivity contribution in [2.75, 3.05) is 19.8 Å². The molecule has 0 amide bonds. The zero-order valence-electron chi connectivity index (χ0n) is 22.4. The van der Waals surface area contributed by atoms with E-state index in [9.17, 15) is 20.0 Å². The summed E-state index contributed by atoms with van der Waals surface area (Å²) in [6.07, 6.45) is 2.46. The summed E-state index contributed by atoms with van der Waals surface area (Å²) < 4.78 is 15.8. The first-order chi connectivity index (χ1) is 15.3. The Kier molecular flexibility index (Phi) is 10.5. The van der Waals surface area contributed by atoms with E-state index in [1.165, 1.54) is 10.1 Å². The molecular formula is C24H46N2O8. The molecule has 2 saturated heterocycles. The topological polar surface area (TPSA) is 129 Å². The largest absolute Gasteiger partial charge is 0.480 e. The van der Waals surface area contributed by atoms with Crippen LogP contribution >= 0.6 is 0 Å². The molecule has 3 N–H and O–H groups in total. The molecule has 200 valence electrons. The number of aliphatic carboxylic acids is 1. The van der Waals surface area contributed by atoms with Crippen LogP contribution in [0.3, 0.4) is 0 Å². The fourth-order valence-electron chi connectivity index (χ4n) is 5.17. The summed E-state index contributed by atoms with van der Waals surface area (Å²) in [5, 5.41) is 31.5. The summed E-state index contributed by atoms with van der Waals surface area (Å²) in [5.41, 5.74) is -1.52. The summed E-state index contributed by atoms with van der Waals surface area (Å²) >= 11 is 0. The van der Waals surface area contributed by atoms with Crippen molar-refractivity contribution in [1.82, 2.24) is 10.1 Å². The van der Waals surface area contributed by atoms with Crippen molar-refractivity contribution in [2.45, 2.75) is 122 Å². The van der Waals surface area contributed by atoms with E-state index in [2.05, 4.69) is 0 Å². The molecule has 2 aliphatic rings. The number of carboxylic acid groups (broad SMARTS) is 1. The maximum atomic E-state index is 11.3. The van der Waals surface area contributed by atoms with Crippen molar-refractivity contribution in [1.29, 1.82) is 0 Å². The second-order valence-electron chi connectivity index (χ2n) is 11.8. The molecular weight excluding hydrogens is 444 g/mol. The number of hydrogen-bond donors (Lipinski definition) is 3. The van der Waals surface area contributed by atoms with E-state index >= 15 is 0 Å². The highest BCUT2D eigenvalue weighted by atomic mass is 16.6. The summed E-state index contributed by atoms with van der Waals surface area (Å²) in [6.45, 7) is 17.4.